The third-order valence-electron chi connectivity index (χ3n) is 4.30. The Morgan fingerprint density at radius 1 is 1.29 bits per heavy atom. The van der Waals surface area contributed by atoms with Gasteiger partial charge < -0.3 is 10.1 Å². The molecule has 1 heterocycles. The van der Waals surface area contributed by atoms with Gasteiger partial charge in [0.2, 0.25) is 0 Å². The van der Waals surface area contributed by atoms with Gasteiger partial charge in [-0.15, -0.1) is 0 Å². The van der Waals surface area contributed by atoms with Crippen LogP contribution in [0.3, 0.4) is 0 Å². The summed E-state index contributed by atoms with van der Waals surface area (Å²) in [7, 11) is 0. The summed E-state index contributed by atoms with van der Waals surface area (Å²) in [6.07, 6.45) is 6.55. The van der Waals surface area contributed by atoms with Crippen LogP contribution < -0.4 is 5.32 Å². The standard InChI is InChI=1S/C14H28N2O/c1-3-7-15-12-5-6-14(10-12)16-8-9-17-11-13(16)4-2/h12-15H,3-11H2,1-2H3. The highest BCUT2D eigenvalue weighted by Gasteiger charge is 2.33. The highest BCUT2D eigenvalue weighted by Crippen LogP contribution is 2.27. The predicted octanol–water partition coefficient (Wildman–Crippen LogP) is 2.02. The Morgan fingerprint density at radius 3 is 2.94 bits per heavy atom. The molecule has 0 radical (unpaired) electrons. The lowest BCUT2D eigenvalue weighted by atomic mass is 10.1. The molecule has 2 aliphatic rings. The summed E-state index contributed by atoms with van der Waals surface area (Å²) in [6.45, 7) is 8.73. The molecular weight excluding hydrogens is 212 g/mol. The van der Waals surface area contributed by atoms with Gasteiger partial charge >= 0.3 is 0 Å². The number of nitrogens with zero attached hydrogens (tertiary/aromatic N) is 1. The van der Waals surface area contributed by atoms with Crippen molar-refractivity contribution in [3.8, 4) is 0 Å². The summed E-state index contributed by atoms with van der Waals surface area (Å²) in [5.41, 5.74) is 0. The molecule has 1 aliphatic carbocycles. The van der Waals surface area contributed by atoms with Crippen molar-refractivity contribution < 1.29 is 4.74 Å². The highest BCUT2D eigenvalue weighted by atomic mass is 16.5. The molecular formula is C14H28N2O. The number of ether oxygens (including phenoxy) is 1. The summed E-state index contributed by atoms with van der Waals surface area (Å²) in [4.78, 5) is 2.72. The first kappa shape index (κ1) is 13.3. The molecule has 1 aliphatic heterocycles. The van der Waals surface area contributed by atoms with Crippen molar-refractivity contribution in [2.45, 2.75) is 64.1 Å². The van der Waals surface area contributed by atoms with E-state index < -0.39 is 0 Å². The van der Waals surface area contributed by atoms with Crippen molar-refractivity contribution in [3.05, 3.63) is 0 Å². The maximum atomic E-state index is 5.60. The van der Waals surface area contributed by atoms with Crippen molar-refractivity contribution in [3.63, 3.8) is 0 Å². The maximum absolute atomic E-state index is 5.60. The molecule has 0 aromatic rings. The molecule has 0 aromatic carbocycles. The van der Waals surface area contributed by atoms with Crippen LogP contribution in [0.1, 0.15) is 46.0 Å². The van der Waals surface area contributed by atoms with Gasteiger partial charge in [0.15, 0.2) is 0 Å². The van der Waals surface area contributed by atoms with Crippen LogP contribution in [0.2, 0.25) is 0 Å². The fraction of sp³-hybridized carbons (Fsp3) is 1.00. The smallest absolute Gasteiger partial charge is 0.0622 e. The molecule has 0 aromatic heterocycles. The van der Waals surface area contributed by atoms with Crippen LogP contribution in [0.25, 0.3) is 0 Å². The van der Waals surface area contributed by atoms with Gasteiger partial charge in [0.25, 0.3) is 0 Å². The molecule has 3 atom stereocenters. The van der Waals surface area contributed by atoms with E-state index in [0.717, 1.165) is 31.8 Å². The fourth-order valence-electron chi connectivity index (χ4n) is 3.29. The maximum Gasteiger partial charge on any atom is 0.0622 e. The zero-order valence-corrected chi connectivity index (χ0v) is 11.5. The zero-order valence-electron chi connectivity index (χ0n) is 11.5. The van der Waals surface area contributed by atoms with E-state index in [2.05, 4.69) is 24.1 Å². The number of rotatable bonds is 5. The number of hydrogen-bond donors (Lipinski definition) is 1. The lowest BCUT2D eigenvalue weighted by molar-refractivity contribution is -0.0290. The van der Waals surface area contributed by atoms with Crippen LogP contribution in [-0.2, 0) is 4.74 Å². The third kappa shape index (κ3) is 3.43. The monoisotopic (exact) mass is 240 g/mol. The van der Waals surface area contributed by atoms with E-state index >= 15 is 0 Å². The van der Waals surface area contributed by atoms with E-state index in [0.29, 0.717) is 6.04 Å². The SMILES string of the molecule is CCCNC1CCC(N2CCOCC2CC)C1. The van der Waals surface area contributed by atoms with E-state index in [-0.39, 0.29) is 0 Å². The Balaban J connectivity index is 1.81. The molecule has 0 spiro atoms. The minimum atomic E-state index is 0.665. The molecule has 100 valence electrons. The summed E-state index contributed by atoms with van der Waals surface area (Å²) in [5, 5.41) is 3.68. The molecule has 3 nitrogen and oxygen atoms in total. The Hall–Kier alpha value is -0.120. The van der Waals surface area contributed by atoms with Crippen LogP contribution in [0.4, 0.5) is 0 Å². The second-order valence-electron chi connectivity index (χ2n) is 5.49. The molecule has 2 fully saturated rings. The summed E-state index contributed by atoms with van der Waals surface area (Å²) < 4.78 is 5.60. The zero-order chi connectivity index (χ0) is 12.1. The third-order valence-corrected chi connectivity index (χ3v) is 4.30. The number of nitrogens with one attached hydrogen (secondary N) is 1. The molecule has 17 heavy (non-hydrogen) atoms. The first-order valence-corrected chi connectivity index (χ1v) is 7.42. The van der Waals surface area contributed by atoms with Gasteiger partial charge in [-0.2, -0.15) is 0 Å². The van der Waals surface area contributed by atoms with Crippen LogP contribution in [0.5, 0.6) is 0 Å². The summed E-state index contributed by atoms with van der Waals surface area (Å²) in [5.74, 6) is 0. The van der Waals surface area contributed by atoms with Crippen molar-refractivity contribution in [1.82, 2.24) is 10.2 Å². The van der Waals surface area contributed by atoms with Crippen LogP contribution in [0, 0.1) is 0 Å². The lowest BCUT2D eigenvalue weighted by Crippen LogP contribution is -2.50. The highest BCUT2D eigenvalue weighted by molar-refractivity contribution is 4.90. The van der Waals surface area contributed by atoms with Crippen molar-refractivity contribution >= 4 is 0 Å². The van der Waals surface area contributed by atoms with Crippen LogP contribution in [-0.4, -0.2) is 49.3 Å². The summed E-state index contributed by atoms with van der Waals surface area (Å²) in [6, 6.07) is 2.23. The van der Waals surface area contributed by atoms with Gasteiger partial charge in [0.05, 0.1) is 13.2 Å². The van der Waals surface area contributed by atoms with Gasteiger partial charge in [0, 0.05) is 24.7 Å². The Kier molecular flexibility index (Phi) is 5.26. The second-order valence-corrected chi connectivity index (χ2v) is 5.49. The molecule has 0 bridgehead atoms. The topological polar surface area (TPSA) is 24.5 Å². The molecule has 3 unspecified atom stereocenters. The van der Waals surface area contributed by atoms with E-state index in [9.17, 15) is 0 Å². The average molecular weight is 240 g/mol. The predicted molar refractivity (Wildman–Crippen MR) is 71.3 cm³/mol. The molecule has 3 heteroatoms. The number of hydrogen-bond acceptors (Lipinski definition) is 3. The molecule has 0 amide bonds. The lowest BCUT2D eigenvalue weighted by Gasteiger charge is -2.39. The molecule has 2 rings (SSSR count). The van der Waals surface area contributed by atoms with Gasteiger partial charge in [-0.3, -0.25) is 4.90 Å². The van der Waals surface area contributed by atoms with Gasteiger partial charge in [-0.1, -0.05) is 13.8 Å². The Morgan fingerprint density at radius 2 is 2.18 bits per heavy atom. The largest absolute Gasteiger partial charge is 0.378 e. The van der Waals surface area contributed by atoms with Gasteiger partial charge in [0.1, 0.15) is 0 Å². The van der Waals surface area contributed by atoms with Crippen molar-refractivity contribution in [2.24, 2.45) is 0 Å². The second kappa shape index (κ2) is 6.72. The van der Waals surface area contributed by atoms with E-state index in [1.54, 1.807) is 0 Å². The van der Waals surface area contributed by atoms with Crippen molar-refractivity contribution in [1.29, 1.82) is 0 Å². The molecule has 1 saturated heterocycles. The van der Waals surface area contributed by atoms with E-state index in [1.165, 1.54) is 38.6 Å². The van der Waals surface area contributed by atoms with Gasteiger partial charge in [-0.25, -0.2) is 0 Å². The first-order valence-electron chi connectivity index (χ1n) is 7.42. The molecule has 1 saturated carbocycles. The van der Waals surface area contributed by atoms with Crippen molar-refractivity contribution in [2.75, 3.05) is 26.3 Å². The average Bonchev–Trinajstić information content (AvgIpc) is 2.85. The Bertz CT molecular complexity index is 222. The first-order chi connectivity index (χ1) is 8.35. The van der Waals surface area contributed by atoms with Crippen LogP contribution in [0.15, 0.2) is 0 Å². The van der Waals surface area contributed by atoms with Gasteiger partial charge in [-0.05, 0) is 38.6 Å². The summed E-state index contributed by atoms with van der Waals surface area (Å²) >= 11 is 0. The van der Waals surface area contributed by atoms with E-state index in [4.69, 9.17) is 4.74 Å². The number of morpholine rings is 1. The minimum Gasteiger partial charge on any atom is -0.378 e. The quantitative estimate of drug-likeness (QED) is 0.795. The normalized spacial score (nSPS) is 35.3. The van der Waals surface area contributed by atoms with Crippen LogP contribution >= 0.6 is 0 Å². The Labute approximate surface area is 106 Å². The van der Waals surface area contributed by atoms with E-state index in [1.807, 2.05) is 0 Å². The fourth-order valence-corrected chi connectivity index (χ4v) is 3.29. The molecule has 1 N–H and O–H groups in total. The minimum absolute atomic E-state index is 0.665.